The molecule has 2 heterocycles. The Morgan fingerprint density at radius 1 is 1.45 bits per heavy atom. The Kier molecular flexibility index (Phi) is 4.49. The molecule has 0 radical (unpaired) electrons. The van der Waals surface area contributed by atoms with Gasteiger partial charge < -0.3 is 9.64 Å². The summed E-state index contributed by atoms with van der Waals surface area (Å²) in [6.45, 7) is 3.51. The SMILES string of the molecule is Cc1nc([C@@H]2COCCN2C(=O)Cc2ccc(F)cc2)cs1. The highest BCUT2D eigenvalue weighted by atomic mass is 32.1. The monoisotopic (exact) mass is 320 g/mol. The molecule has 6 heteroatoms. The lowest BCUT2D eigenvalue weighted by molar-refractivity contribution is -0.139. The van der Waals surface area contributed by atoms with Crippen molar-refractivity contribution < 1.29 is 13.9 Å². The Balaban J connectivity index is 1.75. The standard InChI is InChI=1S/C16H17FN2O2S/c1-11-18-14(10-22-11)15-9-21-7-6-19(15)16(20)8-12-2-4-13(17)5-3-12/h2-5,10,15H,6-9H2,1H3/t15-/m0/s1. The van der Waals surface area contributed by atoms with Crippen molar-refractivity contribution in [1.29, 1.82) is 0 Å². The van der Waals surface area contributed by atoms with E-state index in [1.807, 2.05) is 17.2 Å². The summed E-state index contributed by atoms with van der Waals surface area (Å²) in [7, 11) is 0. The van der Waals surface area contributed by atoms with E-state index in [1.54, 1.807) is 23.5 Å². The maximum atomic E-state index is 12.9. The van der Waals surface area contributed by atoms with Gasteiger partial charge in [-0.3, -0.25) is 4.79 Å². The molecule has 1 aliphatic rings. The van der Waals surface area contributed by atoms with Crippen molar-refractivity contribution in [2.75, 3.05) is 19.8 Å². The second-order valence-electron chi connectivity index (χ2n) is 5.27. The molecule has 3 rings (SSSR count). The number of aromatic nitrogens is 1. The normalized spacial score (nSPS) is 18.5. The summed E-state index contributed by atoms with van der Waals surface area (Å²) in [5.41, 5.74) is 1.70. The number of carbonyl (C=O) groups is 1. The fourth-order valence-electron chi connectivity index (χ4n) is 2.56. The van der Waals surface area contributed by atoms with Gasteiger partial charge in [0.15, 0.2) is 0 Å². The van der Waals surface area contributed by atoms with E-state index in [-0.39, 0.29) is 24.2 Å². The first-order valence-corrected chi connectivity index (χ1v) is 8.05. The lowest BCUT2D eigenvalue weighted by atomic mass is 10.1. The number of hydrogen-bond donors (Lipinski definition) is 0. The number of benzene rings is 1. The number of rotatable bonds is 3. The maximum Gasteiger partial charge on any atom is 0.227 e. The quantitative estimate of drug-likeness (QED) is 0.873. The zero-order chi connectivity index (χ0) is 15.5. The Labute approximate surface area is 132 Å². The van der Waals surface area contributed by atoms with Crippen LogP contribution < -0.4 is 0 Å². The highest BCUT2D eigenvalue weighted by Crippen LogP contribution is 2.26. The van der Waals surface area contributed by atoms with Gasteiger partial charge in [0.1, 0.15) is 5.82 Å². The van der Waals surface area contributed by atoms with Crippen LogP contribution in [0, 0.1) is 12.7 Å². The first-order chi connectivity index (χ1) is 10.6. The van der Waals surface area contributed by atoms with Crippen molar-refractivity contribution in [2.24, 2.45) is 0 Å². The second-order valence-corrected chi connectivity index (χ2v) is 6.33. The molecule has 0 N–H and O–H groups in total. The maximum absolute atomic E-state index is 12.9. The van der Waals surface area contributed by atoms with Crippen molar-refractivity contribution in [3.63, 3.8) is 0 Å². The Morgan fingerprint density at radius 3 is 2.91 bits per heavy atom. The molecule has 0 unspecified atom stereocenters. The number of nitrogens with zero attached hydrogens (tertiary/aromatic N) is 2. The molecule has 0 bridgehead atoms. The molecule has 1 fully saturated rings. The lowest BCUT2D eigenvalue weighted by Crippen LogP contribution is -2.44. The number of halogens is 1. The summed E-state index contributed by atoms with van der Waals surface area (Å²) < 4.78 is 18.5. The Morgan fingerprint density at radius 2 is 2.23 bits per heavy atom. The lowest BCUT2D eigenvalue weighted by Gasteiger charge is -2.34. The summed E-state index contributed by atoms with van der Waals surface area (Å²) in [6, 6.07) is 5.92. The van der Waals surface area contributed by atoms with Crippen LogP contribution in [-0.2, 0) is 16.0 Å². The number of ether oxygens (including phenoxy) is 1. The number of carbonyl (C=O) groups excluding carboxylic acids is 1. The van der Waals surface area contributed by atoms with E-state index in [4.69, 9.17) is 4.74 Å². The number of hydrogen-bond acceptors (Lipinski definition) is 4. The van der Waals surface area contributed by atoms with Gasteiger partial charge in [-0.05, 0) is 24.6 Å². The van der Waals surface area contributed by atoms with Gasteiger partial charge in [0, 0.05) is 11.9 Å². The molecule has 116 valence electrons. The zero-order valence-corrected chi connectivity index (χ0v) is 13.1. The van der Waals surface area contributed by atoms with E-state index < -0.39 is 0 Å². The van der Waals surface area contributed by atoms with Crippen molar-refractivity contribution in [2.45, 2.75) is 19.4 Å². The van der Waals surface area contributed by atoms with Crippen LogP contribution in [0.2, 0.25) is 0 Å². The molecular formula is C16H17FN2O2S. The Bertz CT molecular complexity index is 656. The van der Waals surface area contributed by atoms with Crippen LogP contribution in [0.15, 0.2) is 29.6 Å². The van der Waals surface area contributed by atoms with Gasteiger partial charge in [0.05, 0.1) is 36.4 Å². The van der Waals surface area contributed by atoms with Crippen LogP contribution in [0.5, 0.6) is 0 Å². The van der Waals surface area contributed by atoms with Crippen LogP contribution in [0.25, 0.3) is 0 Å². The van der Waals surface area contributed by atoms with Crippen molar-refractivity contribution in [3.8, 4) is 0 Å². The fraction of sp³-hybridized carbons (Fsp3) is 0.375. The van der Waals surface area contributed by atoms with Crippen LogP contribution in [0.1, 0.15) is 22.3 Å². The van der Waals surface area contributed by atoms with Crippen molar-refractivity contribution in [3.05, 3.63) is 51.7 Å². The van der Waals surface area contributed by atoms with Gasteiger partial charge in [-0.25, -0.2) is 9.37 Å². The van der Waals surface area contributed by atoms with E-state index in [0.717, 1.165) is 16.3 Å². The minimum Gasteiger partial charge on any atom is -0.377 e. The molecule has 0 saturated carbocycles. The predicted molar refractivity (Wildman–Crippen MR) is 82.2 cm³/mol. The third-order valence-corrected chi connectivity index (χ3v) is 4.49. The highest BCUT2D eigenvalue weighted by molar-refractivity contribution is 7.09. The molecule has 0 spiro atoms. The van der Waals surface area contributed by atoms with E-state index in [0.29, 0.717) is 19.8 Å². The van der Waals surface area contributed by atoms with Gasteiger partial charge in [-0.1, -0.05) is 12.1 Å². The second kappa shape index (κ2) is 6.54. The third-order valence-electron chi connectivity index (χ3n) is 3.70. The van der Waals surface area contributed by atoms with Crippen LogP contribution >= 0.6 is 11.3 Å². The van der Waals surface area contributed by atoms with Crippen LogP contribution in [-0.4, -0.2) is 35.5 Å². The van der Waals surface area contributed by atoms with Crippen molar-refractivity contribution >= 4 is 17.2 Å². The minimum absolute atomic E-state index is 0.0190. The highest BCUT2D eigenvalue weighted by Gasteiger charge is 2.30. The largest absolute Gasteiger partial charge is 0.377 e. The predicted octanol–water partition coefficient (Wildman–Crippen LogP) is 2.73. The van der Waals surface area contributed by atoms with E-state index >= 15 is 0 Å². The van der Waals surface area contributed by atoms with E-state index in [1.165, 1.54) is 12.1 Å². The molecule has 0 aliphatic carbocycles. The summed E-state index contributed by atoms with van der Waals surface area (Å²) in [6.07, 6.45) is 0.264. The van der Waals surface area contributed by atoms with Crippen molar-refractivity contribution in [1.82, 2.24) is 9.88 Å². The molecule has 1 aromatic heterocycles. The molecule has 4 nitrogen and oxygen atoms in total. The number of morpholine rings is 1. The van der Waals surface area contributed by atoms with Gasteiger partial charge in [-0.15, -0.1) is 11.3 Å². The molecule has 1 saturated heterocycles. The molecule has 1 amide bonds. The smallest absolute Gasteiger partial charge is 0.227 e. The summed E-state index contributed by atoms with van der Waals surface area (Å²) in [5, 5.41) is 2.96. The summed E-state index contributed by atoms with van der Waals surface area (Å²) >= 11 is 1.57. The first kappa shape index (κ1) is 15.1. The van der Waals surface area contributed by atoms with Gasteiger partial charge in [-0.2, -0.15) is 0 Å². The van der Waals surface area contributed by atoms with E-state index in [2.05, 4.69) is 4.98 Å². The van der Waals surface area contributed by atoms with Gasteiger partial charge in [0.2, 0.25) is 5.91 Å². The fourth-order valence-corrected chi connectivity index (χ4v) is 3.22. The van der Waals surface area contributed by atoms with Gasteiger partial charge in [0.25, 0.3) is 0 Å². The van der Waals surface area contributed by atoms with Crippen LogP contribution in [0.4, 0.5) is 4.39 Å². The van der Waals surface area contributed by atoms with Crippen LogP contribution in [0.3, 0.4) is 0 Å². The molecule has 1 aromatic carbocycles. The molecule has 1 atom stereocenters. The number of aryl methyl sites for hydroxylation is 1. The summed E-state index contributed by atoms with van der Waals surface area (Å²) in [5.74, 6) is -0.274. The first-order valence-electron chi connectivity index (χ1n) is 7.17. The average Bonchev–Trinajstić information content (AvgIpc) is 2.96. The molecule has 22 heavy (non-hydrogen) atoms. The molecular weight excluding hydrogens is 303 g/mol. The average molecular weight is 320 g/mol. The molecule has 2 aromatic rings. The zero-order valence-electron chi connectivity index (χ0n) is 12.3. The topological polar surface area (TPSA) is 42.4 Å². The van der Waals surface area contributed by atoms with Gasteiger partial charge >= 0.3 is 0 Å². The number of thiazole rings is 1. The number of amides is 1. The molecule has 1 aliphatic heterocycles. The Hall–Kier alpha value is -1.79. The summed E-state index contributed by atoms with van der Waals surface area (Å²) in [4.78, 5) is 18.9. The van der Waals surface area contributed by atoms with E-state index in [9.17, 15) is 9.18 Å². The third kappa shape index (κ3) is 3.34. The minimum atomic E-state index is -0.293.